The van der Waals surface area contributed by atoms with Crippen molar-refractivity contribution in [3.05, 3.63) is 0 Å². The topological polar surface area (TPSA) is 37.4 Å². The van der Waals surface area contributed by atoms with E-state index in [0.29, 0.717) is 25.1 Å². The van der Waals surface area contributed by atoms with Gasteiger partial charge in [0.15, 0.2) is 0 Å². The molecule has 0 N–H and O–H groups in total. The average molecular weight is 246 g/mol. The zero-order valence-corrected chi connectivity index (χ0v) is 11.2. The molecule has 1 fully saturated rings. The summed E-state index contributed by atoms with van der Waals surface area (Å²) in [6, 6.07) is 0. The van der Waals surface area contributed by atoms with Gasteiger partial charge in [-0.15, -0.1) is 11.6 Å². The lowest BCUT2D eigenvalue weighted by Gasteiger charge is -2.52. The first kappa shape index (κ1) is 13.5. The highest BCUT2D eigenvalue weighted by Gasteiger charge is 2.46. The molecule has 4 heteroatoms. The number of amides is 1. The number of carbonyl (C=O) groups is 2. The molecule has 0 atom stereocenters. The molecule has 0 saturated carbocycles. The van der Waals surface area contributed by atoms with Gasteiger partial charge in [0.2, 0.25) is 5.91 Å². The van der Waals surface area contributed by atoms with Crippen LogP contribution < -0.4 is 0 Å². The molecule has 1 aliphatic heterocycles. The Morgan fingerprint density at radius 1 is 1.25 bits per heavy atom. The van der Waals surface area contributed by atoms with Crippen LogP contribution in [0.5, 0.6) is 0 Å². The van der Waals surface area contributed by atoms with E-state index in [-0.39, 0.29) is 11.7 Å². The van der Waals surface area contributed by atoms with Crippen molar-refractivity contribution < 1.29 is 9.59 Å². The molecule has 0 bridgehead atoms. The zero-order chi connectivity index (χ0) is 12.6. The molecule has 0 aromatic heterocycles. The Bertz CT molecular complexity index is 290. The maximum atomic E-state index is 12.1. The highest BCUT2D eigenvalue weighted by Crippen LogP contribution is 2.36. The van der Waals surface area contributed by atoms with E-state index in [1.54, 1.807) is 0 Å². The lowest BCUT2D eigenvalue weighted by Crippen LogP contribution is -2.63. The van der Waals surface area contributed by atoms with Gasteiger partial charge in [-0.1, -0.05) is 0 Å². The lowest BCUT2D eigenvalue weighted by molar-refractivity contribution is -0.153. The van der Waals surface area contributed by atoms with Gasteiger partial charge in [0.05, 0.1) is 0 Å². The van der Waals surface area contributed by atoms with Gasteiger partial charge < -0.3 is 4.90 Å². The van der Waals surface area contributed by atoms with Gasteiger partial charge in [-0.25, -0.2) is 0 Å². The standard InChI is InChI=1S/C12H20ClNO2/c1-11(2)7-9(15)8-12(3,4)14(11)10(16)5-6-13/h5-8H2,1-4H3. The largest absolute Gasteiger partial charge is 0.332 e. The summed E-state index contributed by atoms with van der Waals surface area (Å²) >= 11 is 5.62. The number of halogens is 1. The lowest BCUT2D eigenvalue weighted by atomic mass is 9.79. The molecule has 3 nitrogen and oxygen atoms in total. The van der Waals surface area contributed by atoms with Gasteiger partial charge in [-0.2, -0.15) is 0 Å². The minimum atomic E-state index is -0.401. The molecule has 0 aromatic carbocycles. The summed E-state index contributed by atoms with van der Waals surface area (Å²) in [7, 11) is 0. The molecule has 0 radical (unpaired) electrons. The summed E-state index contributed by atoms with van der Waals surface area (Å²) in [5.41, 5.74) is -0.802. The maximum absolute atomic E-state index is 12.1. The molecule has 0 aromatic rings. The number of alkyl halides is 1. The van der Waals surface area contributed by atoms with Crippen LogP contribution in [0.15, 0.2) is 0 Å². The van der Waals surface area contributed by atoms with E-state index in [2.05, 4.69) is 0 Å². The van der Waals surface area contributed by atoms with Crippen LogP contribution in [0, 0.1) is 0 Å². The van der Waals surface area contributed by atoms with Crippen molar-refractivity contribution in [3.8, 4) is 0 Å². The van der Waals surface area contributed by atoms with Crippen LogP contribution in [-0.4, -0.2) is 33.5 Å². The van der Waals surface area contributed by atoms with Crippen LogP contribution in [0.4, 0.5) is 0 Å². The minimum Gasteiger partial charge on any atom is -0.332 e. The van der Waals surface area contributed by atoms with Gasteiger partial charge in [-0.05, 0) is 27.7 Å². The molecule has 1 heterocycles. The van der Waals surface area contributed by atoms with E-state index in [0.717, 1.165) is 0 Å². The van der Waals surface area contributed by atoms with Crippen molar-refractivity contribution in [1.82, 2.24) is 4.90 Å². The fraction of sp³-hybridized carbons (Fsp3) is 0.833. The van der Waals surface area contributed by atoms with Crippen molar-refractivity contribution in [1.29, 1.82) is 0 Å². The normalized spacial score (nSPS) is 23.3. The van der Waals surface area contributed by atoms with Crippen LogP contribution in [0.2, 0.25) is 0 Å². The van der Waals surface area contributed by atoms with E-state index in [1.807, 2.05) is 32.6 Å². The van der Waals surface area contributed by atoms with Gasteiger partial charge >= 0.3 is 0 Å². The molecule has 1 aliphatic rings. The number of ketones is 1. The number of carbonyl (C=O) groups excluding carboxylic acids is 2. The zero-order valence-electron chi connectivity index (χ0n) is 10.5. The first-order valence-corrected chi connectivity index (χ1v) is 6.15. The van der Waals surface area contributed by atoms with Crippen LogP contribution in [0.25, 0.3) is 0 Å². The maximum Gasteiger partial charge on any atom is 0.224 e. The first-order valence-electron chi connectivity index (χ1n) is 5.61. The van der Waals surface area contributed by atoms with E-state index < -0.39 is 11.1 Å². The number of hydrogen-bond donors (Lipinski definition) is 0. The van der Waals surface area contributed by atoms with Crippen molar-refractivity contribution in [2.24, 2.45) is 0 Å². The Labute approximate surface area is 102 Å². The highest BCUT2D eigenvalue weighted by molar-refractivity contribution is 6.19. The van der Waals surface area contributed by atoms with Crippen LogP contribution in [0.3, 0.4) is 0 Å². The second-order valence-electron chi connectivity index (χ2n) is 5.69. The Kier molecular flexibility index (Phi) is 3.68. The van der Waals surface area contributed by atoms with Crippen molar-refractivity contribution >= 4 is 23.3 Å². The molecule has 1 amide bonds. The number of likely N-dealkylation sites (tertiary alicyclic amines) is 1. The number of hydrogen-bond acceptors (Lipinski definition) is 2. The molecular formula is C12H20ClNO2. The predicted molar refractivity (Wildman–Crippen MR) is 64.6 cm³/mol. The van der Waals surface area contributed by atoms with E-state index in [1.165, 1.54) is 0 Å². The Morgan fingerprint density at radius 3 is 2.06 bits per heavy atom. The molecule has 92 valence electrons. The van der Waals surface area contributed by atoms with Crippen molar-refractivity contribution in [2.45, 2.75) is 58.0 Å². The second kappa shape index (κ2) is 4.36. The monoisotopic (exact) mass is 245 g/mol. The third-order valence-corrected chi connectivity index (χ3v) is 3.22. The summed E-state index contributed by atoms with van der Waals surface area (Å²) in [5, 5.41) is 0. The smallest absolute Gasteiger partial charge is 0.224 e. The molecule has 16 heavy (non-hydrogen) atoms. The van der Waals surface area contributed by atoms with Gasteiger partial charge in [0.25, 0.3) is 0 Å². The van der Waals surface area contributed by atoms with Gasteiger partial charge in [0, 0.05) is 36.2 Å². The predicted octanol–water partition coefficient (Wildman–Crippen LogP) is 2.36. The van der Waals surface area contributed by atoms with Gasteiger partial charge in [0.1, 0.15) is 5.78 Å². The van der Waals surface area contributed by atoms with Crippen molar-refractivity contribution in [3.63, 3.8) is 0 Å². The fourth-order valence-electron chi connectivity index (χ4n) is 2.87. The van der Waals surface area contributed by atoms with E-state index >= 15 is 0 Å². The van der Waals surface area contributed by atoms with E-state index in [9.17, 15) is 9.59 Å². The minimum absolute atomic E-state index is 0.0394. The molecule has 0 aliphatic carbocycles. The number of rotatable bonds is 2. The molecular weight excluding hydrogens is 226 g/mol. The van der Waals surface area contributed by atoms with E-state index in [4.69, 9.17) is 11.6 Å². The summed E-state index contributed by atoms with van der Waals surface area (Å²) in [5.74, 6) is 0.595. The quantitative estimate of drug-likeness (QED) is 0.701. The Hall–Kier alpha value is -0.570. The summed E-state index contributed by atoms with van der Waals surface area (Å²) in [6.07, 6.45) is 1.21. The summed E-state index contributed by atoms with van der Waals surface area (Å²) in [6.45, 7) is 7.77. The van der Waals surface area contributed by atoms with Crippen LogP contribution >= 0.6 is 11.6 Å². The molecule has 1 saturated heterocycles. The Morgan fingerprint density at radius 2 is 1.69 bits per heavy atom. The number of Topliss-reactive ketones (excluding diaryl/α,β-unsaturated/α-hetero) is 1. The first-order chi connectivity index (χ1) is 7.20. The molecule has 0 unspecified atom stereocenters. The molecule has 0 spiro atoms. The van der Waals surface area contributed by atoms with Crippen LogP contribution in [-0.2, 0) is 9.59 Å². The third-order valence-electron chi connectivity index (χ3n) is 3.03. The summed E-state index contributed by atoms with van der Waals surface area (Å²) in [4.78, 5) is 25.6. The Balaban J connectivity index is 3.01. The third kappa shape index (κ3) is 2.57. The average Bonchev–Trinajstić information content (AvgIpc) is 1.96. The number of piperidine rings is 1. The second-order valence-corrected chi connectivity index (χ2v) is 6.06. The highest BCUT2D eigenvalue weighted by atomic mass is 35.5. The van der Waals surface area contributed by atoms with Gasteiger partial charge in [-0.3, -0.25) is 9.59 Å². The summed E-state index contributed by atoms with van der Waals surface area (Å²) < 4.78 is 0. The fourth-order valence-corrected chi connectivity index (χ4v) is 3.03. The molecule has 1 rings (SSSR count). The van der Waals surface area contributed by atoms with Crippen molar-refractivity contribution in [2.75, 3.05) is 5.88 Å². The SMILES string of the molecule is CC1(C)CC(=O)CC(C)(C)N1C(=O)CCCl. The van der Waals surface area contributed by atoms with Crippen LogP contribution in [0.1, 0.15) is 47.0 Å². The number of nitrogens with zero attached hydrogens (tertiary/aromatic N) is 1.